The molecule has 0 bridgehead atoms. The first-order valence-corrected chi connectivity index (χ1v) is 11.5. The van der Waals surface area contributed by atoms with Crippen LogP contribution in [0.4, 0.5) is 5.95 Å². The van der Waals surface area contributed by atoms with Crippen molar-refractivity contribution in [1.29, 1.82) is 0 Å². The second-order valence-corrected chi connectivity index (χ2v) is 8.15. The number of piperidine rings is 1. The number of para-hydroxylation sites is 1. The number of hydrogen-bond donors (Lipinski definition) is 2. The number of nitrogens with one attached hydrogen (secondary N) is 2. The van der Waals surface area contributed by atoms with E-state index in [9.17, 15) is 9.59 Å². The standard InChI is InChI=1S/C25H29N5O5/c1-33-19-10-11-20(21(15-19)34-2)23-26-25(29-28-23)27-24(32)17-7-6-13-30(16-17)22(31)12-14-35-18-8-4-3-5-9-18/h3-5,8-11,15,17H,6-7,12-14,16H2,1-2H3,(H2,26,27,28,29,32). The van der Waals surface area contributed by atoms with Crippen LogP contribution in [0.25, 0.3) is 11.4 Å². The Morgan fingerprint density at radius 2 is 1.94 bits per heavy atom. The van der Waals surface area contributed by atoms with Gasteiger partial charge in [0, 0.05) is 19.2 Å². The summed E-state index contributed by atoms with van der Waals surface area (Å²) in [5.74, 6) is 2.01. The number of rotatable bonds is 9. The highest BCUT2D eigenvalue weighted by molar-refractivity contribution is 5.92. The van der Waals surface area contributed by atoms with Gasteiger partial charge >= 0.3 is 0 Å². The number of carbonyl (C=O) groups excluding carboxylic acids is 2. The number of amides is 2. The number of benzene rings is 2. The monoisotopic (exact) mass is 479 g/mol. The van der Waals surface area contributed by atoms with Gasteiger partial charge in [-0.3, -0.25) is 20.0 Å². The summed E-state index contributed by atoms with van der Waals surface area (Å²) >= 11 is 0. The molecule has 1 fully saturated rings. The number of H-pyrrole nitrogens is 1. The van der Waals surface area contributed by atoms with Crippen molar-refractivity contribution in [3.63, 3.8) is 0 Å². The van der Waals surface area contributed by atoms with Crippen molar-refractivity contribution in [3.05, 3.63) is 48.5 Å². The molecule has 1 atom stereocenters. The third-order valence-corrected chi connectivity index (χ3v) is 5.86. The Morgan fingerprint density at radius 3 is 2.71 bits per heavy atom. The van der Waals surface area contributed by atoms with Crippen LogP contribution in [0, 0.1) is 5.92 Å². The lowest BCUT2D eigenvalue weighted by Gasteiger charge is -2.31. The topological polar surface area (TPSA) is 119 Å². The third-order valence-electron chi connectivity index (χ3n) is 5.86. The molecule has 0 saturated carbocycles. The van der Waals surface area contributed by atoms with Gasteiger partial charge in [0.1, 0.15) is 17.2 Å². The van der Waals surface area contributed by atoms with E-state index < -0.39 is 0 Å². The van der Waals surface area contributed by atoms with Crippen LogP contribution in [0.5, 0.6) is 17.2 Å². The largest absolute Gasteiger partial charge is 0.497 e. The van der Waals surface area contributed by atoms with Gasteiger partial charge in [0.25, 0.3) is 0 Å². The predicted molar refractivity (Wildman–Crippen MR) is 129 cm³/mol. The summed E-state index contributed by atoms with van der Waals surface area (Å²) < 4.78 is 16.3. The highest BCUT2D eigenvalue weighted by Crippen LogP contribution is 2.31. The van der Waals surface area contributed by atoms with Crippen LogP contribution in [0.1, 0.15) is 19.3 Å². The zero-order chi connectivity index (χ0) is 24.6. The molecular formula is C25H29N5O5. The first-order chi connectivity index (χ1) is 17.1. The van der Waals surface area contributed by atoms with Gasteiger partial charge in [-0.25, -0.2) is 0 Å². The molecule has 0 aliphatic carbocycles. The summed E-state index contributed by atoms with van der Waals surface area (Å²) in [6.45, 7) is 1.29. The summed E-state index contributed by atoms with van der Waals surface area (Å²) in [6.07, 6.45) is 1.71. The van der Waals surface area contributed by atoms with Crippen molar-refractivity contribution in [1.82, 2.24) is 20.1 Å². The number of aromatic amines is 1. The van der Waals surface area contributed by atoms with E-state index in [-0.39, 0.29) is 30.1 Å². The molecule has 4 rings (SSSR count). The van der Waals surface area contributed by atoms with Gasteiger partial charge in [-0.1, -0.05) is 18.2 Å². The molecule has 2 N–H and O–H groups in total. The molecular weight excluding hydrogens is 450 g/mol. The summed E-state index contributed by atoms with van der Waals surface area (Å²) in [6, 6.07) is 14.7. The van der Waals surface area contributed by atoms with Crippen LogP contribution in [0.3, 0.4) is 0 Å². The molecule has 2 heterocycles. The Labute approximate surface area is 203 Å². The fourth-order valence-electron chi connectivity index (χ4n) is 3.99. The number of likely N-dealkylation sites (tertiary alicyclic amines) is 1. The lowest BCUT2D eigenvalue weighted by atomic mass is 9.97. The predicted octanol–water partition coefficient (Wildman–Crippen LogP) is 3.14. The van der Waals surface area contributed by atoms with Crippen molar-refractivity contribution in [2.24, 2.45) is 5.92 Å². The van der Waals surface area contributed by atoms with Crippen LogP contribution in [-0.2, 0) is 9.59 Å². The van der Waals surface area contributed by atoms with Crippen LogP contribution in [0.15, 0.2) is 48.5 Å². The van der Waals surface area contributed by atoms with Gasteiger partial charge in [0.15, 0.2) is 5.82 Å². The summed E-state index contributed by atoms with van der Waals surface area (Å²) in [5, 5.41) is 9.71. The van der Waals surface area contributed by atoms with Gasteiger partial charge in [-0.15, -0.1) is 5.10 Å². The van der Waals surface area contributed by atoms with Crippen molar-refractivity contribution >= 4 is 17.8 Å². The number of anilines is 1. The second-order valence-electron chi connectivity index (χ2n) is 8.15. The van der Waals surface area contributed by atoms with E-state index in [2.05, 4.69) is 20.5 Å². The number of nitrogens with zero attached hydrogens (tertiary/aromatic N) is 3. The van der Waals surface area contributed by atoms with E-state index in [0.717, 1.165) is 12.2 Å². The van der Waals surface area contributed by atoms with Crippen LogP contribution in [-0.4, -0.2) is 65.8 Å². The Hall–Kier alpha value is -4.08. The molecule has 35 heavy (non-hydrogen) atoms. The molecule has 1 aromatic heterocycles. The highest BCUT2D eigenvalue weighted by Gasteiger charge is 2.29. The zero-order valence-electron chi connectivity index (χ0n) is 19.8. The molecule has 1 aliphatic rings. The fourth-order valence-corrected chi connectivity index (χ4v) is 3.99. The number of ether oxygens (including phenoxy) is 3. The lowest BCUT2D eigenvalue weighted by Crippen LogP contribution is -2.44. The van der Waals surface area contributed by atoms with E-state index in [1.165, 1.54) is 0 Å². The quantitative estimate of drug-likeness (QED) is 0.484. The molecule has 0 spiro atoms. The minimum Gasteiger partial charge on any atom is -0.497 e. The molecule has 1 saturated heterocycles. The van der Waals surface area contributed by atoms with E-state index in [1.807, 2.05) is 30.3 Å². The summed E-state index contributed by atoms with van der Waals surface area (Å²) in [5.41, 5.74) is 0.688. The molecule has 184 valence electrons. The average Bonchev–Trinajstić information content (AvgIpc) is 3.37. The van der Waals surface area contributed by atoms with Crippen molar-refractivity contribution < 1.29 is 23.8 Å². The van der Waals surface area contributed by atoms with Crippen LogP contribution < -0.4 is 19.5 Å². The van der Waals surface area contributed by atoms with E-state index in [4.69, 9.17) is 14.2 Å². The van der Waals surface area contributed by atoms with E-state index in [1.54, 1.807) is 37.3 Å². The van der Waals surface area contributed by atoms with Gasteiger partial charge in [-0.05, 0) is 37.1 Å². The smallest absolute Gasteiger partial charge is 0.249 e. The Balaban J connectivity index is 1.31. The molecule has 10 nitrogen and oxygen atoms in total. The molecule has 2 aromatic carbocycles. The van der Waals surface area contributed by atoms with Crippen LogP contribution in [0.2, 0.25) is 0 Å². The molecule has 3 aromatic rings. The maximum Gasteiger partial charge on any atom is 0.249 e. The van der Waals surface area contributed by atoms with Gasteiger partial charge in [0.05, 0.1) is 38.7 Å². The van der Waals surface area contributed by atoms with E-state index in [0.29, 0.717) is 49.0 Å². The molecule has 2 amide bonds. The minimum absolute atomic E-state index is 0.0230. The molecule has 1 unspecified atom stereocenters. The minimum atomic E-state index is -0.333. The fraction of sp³-hybridized carbons (Fsp3) is 0.360. The van der Waals surface area contributed by atoms with E-state index >= 15 is 0 Å². The van der Waals surface area contributed by atoms with Crippen molar-refractivity contribution in [2.75, 3.05) is 39.2 Å². The van der Waals surface area contributed by atoms with Crippen LogP contribution >= 0.6 is 0 Å². The number of aromatic nitrogens is 3. The molecule has 1 aliphatic heterocycles. The zero-order valence-corrected chi connectivity index (χ0v) is 19.8. The summed E-state index contributed by atoms with van der Waals surface area (Å²) in [7, 11) is 3.14. The summed E-state index contributed by atoms with van der Waals surface area (Å²) in [4.78, 5) is 31.6. The maximum atomic E-state index is 12.9. The Kier molecular flexibility index (Phi) is 7.81. The number of carbonyl (C=O) groups is 2. The first kappa shape index (κ1) is 24.1. The molecule has 10 heteroatoms. The lowest BCUT2D eigenvalue weighted by molar-refractivity contribution is -0.135. The second kappa shape index (κ2) is 11.4. The SMILES string of the molecule is COc1ccc(-c2nc(NC(=O)C3CCCN(C(=O)CCOc4ccccc4)C3)n[nH]2)c(OC)c1. The van der Waals surface area contributed by atoms with Crippen molar-refractivity contribution in [3.8, 4) is 28.6 Å². The van der Waals surface area contributed by atoms with Gasteiger partial charge < -0.3 is 19.1 Å². The van der Waals surface area contributed by atoms with Crippen molar-refractivity contribution in [2.45, 2.75) is 19.3 Å². The van der Waals surface area contributed by atoms with Gasteiger partial charge in [0.2, 0.25) is 17.8 Å². The number of hydrogen-bond acceptors (Lipinski definition) is 7. The normalized spacial score (nSPS) is 15.4. The average molecular weight is 480 g/mol. The highest BCUT2D eigenvalue weighted by atomic mass is 16.5. The Morgan fingerprint density at radius 1 is 1.11 bits per heavy atom. The maximum absolute atomic E-state index is 12.9. The number of methoxy groups -OCH3 is 2. The third kappa shape index (κ3) is 6.08. The Bertz CT molecular complexity index is 1150. The van der Waals surface area contributed by atoms with Gasteiger partial charge in [-0.2, -0.15) is 4.98 Å². The first-order valence-electron chi connectivity index (χ1n) is 11.5. The molecule has 0 radical (unpaired) electrons.